The minimum atomic E-state index is -0.132. The summed E-state index contributed by atoms with van der Waals surface area (Å²) < 4.78 is 6.34. The molecule has 1 heterocycles. The molecule has 0 spiro atoms. The number of aromatic nitrogens is 1. The molecule has 0 saturated carbocycles. The Morgan fingerprint density at radius 2 is 2.11 bits per heavy atom. The zero-order valence-corrected chi connectivity index (χ0v) is 12.7. The number of hydrogen-bond donors (Lipinski definition) is 1. The average molecular weight is 323 g/mol. The van der Waals surface area contributed by atoms with Crippen molar-refractivity contribution in [1.82, 2.24) is 10.3 Å². The number of halogens is 1. The van der Waals surface area contributed by atoms with Crippen LogP contribution >= 0.6 is 15.9 Å². The lowest BCUT2D eigenvalue weighted by Gasteiger charge is -2.07. The topological polar surface area (TPSA) is 55.1 Å². The summed E-state index contributed by atoms with van der Waals surface area (Å²) in [5.74, 6) is 1.17. The first kappa shape index (κ1) is 13.8. The van der Waals surface area contributed by atoms with Crippen LogP contribution in [0.4, 0.5) is 0 Å². The lowest BCUT2D eigenvalue weighted by atomic mass is 10.1. The monoisotopic (exact) mass is 322 g/mol. The Balaban J connectivity index is 2.07. The molecule has 4 nitrogen and oxygen atoms in total. The number of benzene rings is 1. The number of carbonyl (C=O) groups excluding carboxylic acids is 1. The molecule has 0 fully saturated rings. The van der Waals surface area contributed by atoms with E-state index in [0.29, 0.717) is 18.0 Å². The van der Waals surface area contributed by atoms with Crippen molar-refractivity contribution in [2.24, 2.45) is 0 Å². The molecular formula is C14H15BrN2O2. The summed E-state index contributed by atoms with van der Waals surface area (Å²) in [6.07, 6.45) is 0. The van der Waals surface area contributed by atoms with Crippen LogP contribution in [0.3, 0.4) is 0 Å². The average Bonchev–Trinajstić information content (AvgIpc) is 2.69. The number of rotatable bonds is 3. The Morgan fingerprint density at radius 3 is 2.74 bits per heavy atom. The van der Waals surface area contributed by atoms with E-state index in [1.807, 2.05) is 32.9 Å². The normalized spacial score (nSPS) is 10.5. The predicted molar refractivity (Wildman–Crippen MR) is 76.0 cm³/mol. The van der Waals surface area contributed by atoms with Crippen LogP contribution in [0, 0.1) is 20.8 Å². The van der Waals surface area contributed by atoms with Crippen LogP contribution in [-0.4, -0.2) is 10.9 Å². The summed E-state index contributed by atoms with van der Waals surface area (Å²) in [6, 6.07) is 5.54. The minimum absolute atomic E-state index is 0.132. The van der Waals surface area contributed by atoms with Gasteiger partial charge in [-0.15, -0.1) is 0 Å². The number of amides is 1. The first-order valence-electron chi connectivity index (χ1n) is 5.95. The van der Waals surface area contributed by atoms with E-state index in [2.05, 4.69) is 26.2 Å². The highest BCUT2D eigenvalue weighted by Crippen LogP contribution is 2.19. The highest BCUT2D eigenvalue weighted by atomic mass is 79.9. The van der Waals surface area contributed by atoms with Crippen molar-refractivity contribution in [3.63, 3.8) is 0 Å². The molecule has 0 aliphatic rings. The maximum absolute atomic E-state index is 12.1. The summed E-state index contributed by atoms with van der Waals surface area (Å²) in [6.45, 7) is 5.92. The number of nitrogens with zero attached hydrogens (tertiary/aromatic N) is 1. The van der Waals surface area contributed by atoms with Crippen molar-refractivity contribution in [2.45, 2.75) is 27.3 Å². The Labute approximate surface area is 120 Å². The molecule has 2 aromatic rings. The van der Waals surface area contributed by atoms with E-state index in [1.165, 1.54) is 0 Å². The van der Waals surface area contributed by atoms with Gasteiger partial charge in [0, 0.05) is 10.0 Å². The van der Waals surface area contributed by atoms with Crippen LogP contribution in [0.2, 0.25) is 0 Å². The van der Waals surface area contributed by atoms with Crippen molar-refractivity contribution in [2.75, 3.05) is 0 Å². The molecule has 2 rings (SSSR count). The van der Waals surface area contributed by atoms with E-state index in [9.17, 15) is 4.79 Å². The number of nitrogens with one attached hydrogen (secondary N) is 1. The van der Waals surface area contributed by atoms with Gasteiger partial charge in [0.15, 0.2) is 0 Å². The van der Waals surface area contributed by atoms with Crippen molar-refractivity contribution in [1.29, 1.82) is 0 Å². The van der Waals surface area contributed by atoms with Gasteiger partial charge in [0.25, 0.3) is 5.91 Å². The van der Waals surface area contributed by atoms with E-state index in [4.69, 9.17) is 4.42 Å². The Morgan fingerprint density at radius 1 is 1.37 bits per heavy atom. The molecule has 1 aromatic carbocycles. The van der Waals surface area contributed by atoms with Gasteiger partial charge < -0.3 is 9.73 Å². The molecule has 0 atom stereocenters. The molecule has 5 heteroatoms. The van der Waals surface area contributed by atoms with E-state index in [1.54, 1.807) is 6.07 Å². The maximum Gasteiger partial charge on any atom is 0.252 e. The summed E-state index contributed by atoms with van der Waals surface area (Å²) in [5.41, 5.74) is 2.41. The number of oxazole rings is 1. The Kier molecular flexibility index (Phi) is 4.04. The van der Waals surface area contributed by atoms with Gasteiger partial charge in [-0.25, -0.2) is 4.98 Å². The van der Waals surface area contributed by atoms with Crippen molar-refractivity contribution < 1.29 is 9.21 Å². The van der Waals surface area contributed by atoms with Crippen molar-refractivity contribution >= 4 is 21.8 Å². The molecule has 1 aromatic heterocycles. The molecule has 1 N–H and O–H groups in total. The fourth-order valence-corrected chi connectivity index (χ4v) is 2.09. The van der Waals surface area contributed by atoms with E-state index >= 15 is 0 Å². The standard InChI is InChI=1S/C14H15BrN2O2/c1-8-11(5-4-6-12(8)15)14(18)16-7-13-17-9(2)10(3)19-13/h4-6H,7H2,1-3H3,(H,16,18). The van der Waals surface area contributed by atoms with E-state index < -0.39 is 0 Å². The fourth-order valence-electron chi connectivity index (χ4n) is 1.72. The van der Waals surface area contributed by atoms with Crippen LogP contribution < -0.4 is 5.32 Å². The maximum atomic E-state index is 12.1. The lowest BCUT2D eigenvalue weighted by molar-refractivity contribution is 0.0946. The van der Waals surface area contributed by atoms with Crippen molar-refractivity contribution in [3.8, 4) is 0 Å². The Bertz CT molecular complexity index is 600. The summed E-state index contributed by atoms with van der Waals surface area (Å²) >= 11 is 3.41. The first-order valence-corrected chi connectivity index (χ1v) is 6.74. The van der Waals surface area contributed by atoms with Gasteiger partial charge in [0.1, 0.15) is 5.76 Å². The molecule has 0 unspecified atom stereocenters. The van der Waals surface area contributed by atoms with Crippen molar-refractivity contribution in [3.05, 3.63) is 51.1 Å². The third-order valence-corrected chi connectivity index (χ3v) is 3.84. The smallest absolute Gasteiger partial charge is 0.252 e. The second-order valence-corrected chi connectivity index (χ2v) is 5.20. The van der Waals surface area contributed by atoms with E-state index in [0.717, 1.165) is 21.5 Å². The quantitative estimate of drug-likeness (QED) is 0.943. The summed E-state index contributed by atoms with van der Waals surface area (Å²) in [4.78, 5) is 16.3. The molecule has 0 aliphatic heterocycles. The van der Waals surface area contributed by atoms with Crippen LogP contribution in [0.15, 0.2) is 27.1 Å². The predicted octanol–water partition coefficient (Wildman–Crippen LogP) is 3.29. The van der Waals surface area contributed by atoms with Gasteiger partial charge >= 0.3 is 0 Å². The molecule has 0 bridgehead atoms. The largest absolute Gasteiger partial charge is 0.444 e. The molecule has 0 radical (unpaired) electrons. The molecule has 0 aliphatic carbocycles. The van der Waals surface area contributed by atoms with Gasteiger partial charge in [-0.05, 0) is 38.5 Å². The van der Waals surface area contributed by atoms with Crippen LogP contribution in [0.5, 0.6) is 0 Å². The molecule has 100 valence electrons. The van der Waals surface area contributed by atoms with Crippen LogP contribution in [-0.2, 0) is 6.54 Å². The zero-order valence-electron chi connectivity index (χ0n) is 11.1. The lowest BCUT2D eigenvalue weighted by Crippen LogP contribution is -2.23. The summed E-state index contributed by atoms with van der Waals surface area (Å²) in [5, 5.41) is 2.81. The fraction of sp³-hybridized carbons (Fsp3) is 0.286. The molecule has 0 saturated heterocycles. The second-order valence-electron chi connectivity index (χ2n) is 4.34. The van der Waals surface area contributed by atoms with Gasteiger partial charge in [-0.2, -0.15) is 0 Å². The Hall–Kier alpha value is -1.62. The SMILES string of the molecule is Cc1nc(CNC(=O)c2cccc(Br)c2C)oc1C. The highest BCUT2D eigenvalue weighted by molar-refractivity contribution is 9.10. The van der Waals surface area contributed by atoms with Crippen LogP contribution in [0.25, 0.3) is 0 Å². The minimum Gasteiger partial charge on any atom is -0.444 e. The molecule has 1 amide bonds. The number of hydrogen-bond acceptors (Lipinski definition) is 3. The van der Waals surface area contributed by atoms with E-state index in [-0.39, 0.29) is 5.91 Å². The third-order valence-electron chi connectivity index (χ3n) is 2.99. The zero-order chi connectivity index (χ0) is 14.0. The molecular weight excluding hydrogens is 308 g/mol. The molecule has 19 heavy (non-hydrogen) atoms. The first-order chi connectivity index (χ1) is 8.99. The third kappa shape index (κ3) is 3.04. The number of aryl methyl sites for hydroxylation is 2. The van der Waals surface area contributed by atoms with Gasteiger partial charge in [0.05, 0.1) is 12.2 Å². The van der Waals surface area contributed by atoms with Gasteiger partial charge in [-0.1, -0.05) is 22.0 Å². The summed E-state index contributed by atoms with van der Waals surface area (Å²) in [7, 11) is 0. The van der Waals surface area contributed by atoms with Crippen LogP contribution in [0.1, 0.15) is 33.3 Å². The number of carbonyl (C=O) groups is 1. The van der Waals surface area contributed by atoms with Gasteiger partial charge in [-0.3, -0.25) is 4.79 Å². The second kappa shape index (κ2) is 5.57. The highest BCUT2D eigenvalue weighted by Gasteiger charge is 2.12. The van der Waals surface area contributed by atoms with Gasteiger partial charge in [0.2, 0.25) is 5.89 Å².